The number of hydrogen-bond acceptors (Lipinski definition) is 4. The number of ether oxygens (including phenoxy) is 1. The SMILES string of the molecule is CC.CCOC(=O)C(CC(C)C)n1cc(CCN(C)C)cc(F)c1=O. The molecule has 0 bridgehead atoms. The van der Waals surface area contributed by atoms with Crippen LogP contribution < -0.4 is 5.56 Å². The number of carbonyl (C=O) groups is 1. The van der Waals surface area contributed by atoms with E-state index in [2.05, 4.69) is 0 Å². The number of halogens is 1. The van der Waals surface area contributed by atoms with E-state index in [1.54, 1.807) is 13.1 Å². The van der Waals surface area contributed by atoms with Gasteiger partial charge in [-0.1, -0.05) is 27.7 Å². The van der Waals surface area contributed by atoms with E-state index < -0.39 is 23.4 Å². The van der Waals surface area contributed by atoms with Crippen molar-refractivity contribution in [1.29, 1.82) is 0 Å². The molecule has 0 radical (unpaired) electrons. The van der Waals surface area contributed by atoms with Gasteiger partial charge in [-0.2, -0.15) is 0 Å². The highest BCUT2D eigenvalue weighted by Crippen LogP contribution is 2.19. The maximum absolute atomic E-state index is 14.0. The predicted octanol–water partition coefficient (Wildman–Crippen LogP) is 3.27. The lowest BCUT2D eigenvalue weighted by atomic mass is 10.0. The monoisotopic (exact) mass is 356 g/mol. The minimum absolute atomic E-state index is 0.171. The standard InChI is InChI=1S/C17H27FN2O3.C2H6/c1-6-23-17(22)15(9-12(2)3)20-11-13(7-8-19(4)5)10-14(18)16(20)21;1-2/h10-12,15H,6-9H2,1-5H3;1-2H3. The first-order valence-corrected chi connectivity index (χ1v) is 8.98. The zero-order valence-electron chi connectivity index (χ0n) is 16.6. The van der Waals surface area contributed by atoms with E-state index in [0.717, 1.165) is 6.54 Å². The Labute approximate surface area is 150 Å². The van der Waals surface area contributed by atoms with Crippen LogP contribution >= 0.6 is 0 Å². The van der Waals surface area contributed by atoms with Crippen LogP contribution in [0.4, 0.5) is 4.39 Å². The van der Waals surface area contributed by atoms with Gasteiger partial charge in [0.05, 0.1) is 6.61 Å². The van der Waals surface area contributed by atoms with Gasteiger partial charge < -0.3 is 9.64 Å². The number of hydrogen-bond donors (Lipinski definition) is 0. The molecule has 0 aliphatic carbocycles. The molecule has 0 N–H and O–H groups in total. The number of rotatable bonds is 8. The van der Waals surface area contributed by atoms with E-state index >= 15 is 0 Å². The van der Waals surface area contributed by atoms with Crippen molar-refractivity contribution in [3.05, 3.63) is 34.0 Å². The van der Waals surface area contributed by atoms with Gasteiger partial charge in [-0.05, 0) is 51.4 Å². The Morgan fingerprint density at radius 2 is 1.92 bits per heavy atom. The van der Waals surface area contributed by atoms with Crippen molar-refractivity contribution >= 4 is 5.97 Å². The van der Waals surface area contributed by atoms with E-state index in [0.29, 0.717) is 18.4 Å². The first-order valence-electron chi connectivity index (χ1n) is 8.98. The molecule has 5 nitrogen and oxygen atoms in total. The lowest BCUT2D eigenvalue weighted by molar-refractivity contribution is -0.147. The molecule has 0 amide bonds. The highest BCUT2D eigenvalue weighted by Gasteiger charge is 2.25. The van der Waals surface area contributed by atoms with Gasteiger partial charge in [-0.15, -0.1) is 0 Å². The second-order valence-corrected chi connectivity index (χ2v) is 6.36. The third-order valence-corrected chi connectivity index (χ3v) is 3.49. The smallest absolute Gasteiger partial charge is 0.329 e. The van der Waals surface area contributed by atoms with Gasteiger partial charge in [0.1, 0.15) is 6.04 Å². The van der Waals surface area contributed by atoms with Gasteiger partial charge in [-0.25, -0.2) is 9.18 Å². The van der Waals surface area contributed by atoms with E-state index in [1.807, 2.05) is 46.7 Å². The van der Waals surface area contributed by atoms with Crippen LogP contribution in [-0.2, 0) is 16.0 Å². The molecular formula is C19H33FN2O3. The van der Waals surface area contributed by atoms with Gasteiger partial charge in [0.2, 0.25) is 0 Å². The second-order valence-electron chi connectivity index (χ2n) is 6.36. The molecule has 1 unspecified atom stereocenters. The summed E-state index contributed by atoms with van der Waals surface area (Å²) in [7, 11) is 3.85. The molecule has 1 aromatic heterocycles. The summed E-state index contributed by atoms with van der Waals surface area (Å²) in [6.07, 6.45) is 2.61. The Balaban J connectivity index is 0.00000277. The number of esters is 1. The Kier molecular flexibility index (Phi) is 11.0. The van der Waals surface area contributed by atoms with Crippen LogP contribution in [0.15, 0.2) is 17.1 Å². The first-order chi connectivity index (χ1) is 11.8. The van der Waals surface area contributed by atoms with Crippen molar-refractivity contribution < 1.29 is 13.9 Å². The first kappa shape index (κ1) is 23.3. The highest BCUT2D eigenvalue weighted by atomic mass is 19.1. The largest absolute Gasteiger partial charge is 0.464 e. The van der Waals surface area contributed by atoms with E-state index in [9.17, 15) is 14.0 Å². The quantitative estimate of drug-likeness (QED) is 0.671. The fourth-order valence-electron chi connectivity index (χ4n) is 2.35. The summed E-state index contributed by atoms with van der Waals surface area (Å²) in [5, 5.41) is 0. The van der Waals surface area contributed by atoms with Gasteiger partial charge in [0.15, 0.2) is 5.82 Å². The Bertz CT molecular complexity index is 583. The minimum Gasteiger partial charge on any atom is -0.464 e. The maximum atomic E-state index is 14.0. The average molecular weight is 356 g/mol. The Morgan fingerprint density at radius 1 is 1.32 bits per heavy atom. The van der Waals surface area contributed by atoms with Gasteiger partial charge in [0, 0.05) is 12.7 Å². The molecule has 0 spiro atoms. The van der Waals surface area contributed by atoms with Crippen LogP contribution in [0.3, 0.4) is 0 Å². The van der Waals surface area contributed by atoms with Gasteiger partial charge >= 0.3 is 5.97 Å². The van der Waals surface area contributed by atoms with Crippen LogP contribution in [0, 0.1) is 11.7 Å². The zero-order valence-corrected chi connectivity index (χ0v) is 16.6. The summed E-state index contributed by atoms with van der Waals surface area (Å²) < 4.78 is 20.3. The Hall–Kier alpha value is -1.69. The third kappa shape index (κ3) is 7.82. The number of carbonyl (C=O) groups excluding carboxylic acids is 1. The summed E-state index contributed by atoms with van der Waals surface area (Å²) >= 11 is 0. The Morgan fingerprint density at radius 3 is 2.40 bits per heavy atom. The van der Waals surface area contributed by atoms with Crippen LogP contribution in [0.2, 0.25) is 0 Å². The molecule has 0 saturated heterocycles. The summed E-state index contributed by atoms with van der Waals surface area (Å²) in [6.45, 7) is 10.6. The van der Waals surface area contributed by atoms with Gasteiger partial charge in [0.25, 0.3) is 5.56 Å². The van der Waals surface area contributed by atoms with Crippen LogP contribution in [-0.4, -0.2) is 42.7 Å². The molecule has 1 heterocycles. The molecule has 0 fully saturated rings. The molecule has 1 atom stereocenters. The minimum atomic E-state index is -0.834. The molecule has 0 aliphatic rings. The lowest BCUT2D eigenvalue weighted by Crippen LogP contribution is -2.34. The number of nitrogens with zero attached hydrogens (tertiary/aromatic N) is 2. The third-order valence-electron chi connectivity index (χ3n) is 3.49. The van der Waals surface area contributed by atoms with E-state index in [1.165, 1.54) is 10.6 Å². The van der Waals surface area contributed by atoms with Crippen molar-refractivity contribution in [2.24, 2.45) is 5.92 Å². The molecule has 1 rings (SSSR count). The molecule has 1 aromatic rings. The molecule has 0 saturated carbocycles. The topological polar surface area (TPSA) is 51.5 Å². The van der Waals surface area contributed by atoms with Crippen molar-refractivity contribution in [3.8, 4) is 0 Å². The highest BCUT2D eigenvalue weighted by molar-refractivity contribution is 5.74. The van der Waals surface area contributed by atoms with E-state index in [-0.39, 0.29) is 12.5 Å². The fourth-order valence-corrected chi connectivity index (χ4v) is 2.35. The summed E-state index contributed by atoms with van der Waals surface area (Å²) in [6, 6.07) is 0.455. The average Bonchev–Trinajstić information content (AvgIpc) is 2.55. The van der Waals surface area contributed by atoms with Crippen molar-refractivity contribution in [2.45, 2.75) is 53.5 Å². The number of aromatic nitrogens is 1. The molecule has 6 heteroatoms. The summed E-state index contributed by atoms with van der Waals surface area (Å²) in [4.78, 5) is 26.3. The molecule has 0 aliphatic heterocycles. The summed E-state index contributed by atoms with van der Waals surface area (Å²) in [5.41, 5.74) is -0.0915. The van der Waals surface area contributed by atoms with Crippen LogP contribution in [0.5, 0.6) is 0 Å². The van der Waals surface area contributed by atoms with Crippen LogP contribution in [0.1, 0.15) is 52.6 Å². The number of likely N-dealkylation sites (N-methyl/N-ethyl adjacent to an activating group) is 1. The number of pyridine rings is 1. The normalized spacial score (nSPS) is 11.9. The maximum Gasteiger partial charge on any atom is 0.329 e. The molecule has 0 aromatic carbocycles. The predicted molar refractivity (Wildman–Crippen MR) is 99.4 cm³/mol. The summed E-state index contributed by atoms with van der Waals surface area (Å²) in [5.74, 6) is -1.16. The zero-order chi connectivity index (χ0) is 19.6. The second kappa shape index (κ2) is 11.8. The lowest BCUT2D eigenvalue weighted by Gasteiger charge is -2.21. The molecule has 144 valence electrons. The molecule has 25 heavy (non-hydrogen) atoms. The van der Waals surface area contributed by atoms with Crippen LogP contribution in [0.25, 0.3) is 0 Å². The van der Waals surface area contributed by atoms with E-state index in [4.69, 9.17) is 4.74 Å². The van der Waals surface area contributed by atoms with Crippen molar-refractivity contribution in [1.82, 2.24) is 9.47 Å². The molecular weight excluding hydrogens is 323 g/mol. The fraction of sp³-hybridized carbons (Fsp3) is 0.684. The van der Waals surface area contributed by atoms with Crippen molar-refractivity contribution in [3.63, 3.8) is 0 Å². The van der Waals surface area contributed by atoms with Gasteiger partial charge in [-0.3, -0.25) is 9.36 Å². The van der Waals surface area contributed by atoms with Crippen molar-refractivity contribution in [2.75, 3.05) is 27.2 Å².